The fourth-order valence-corrected chi connectivity index (χ4v) is 1.91. The number of rotatable bonds is 2. The summed E-state index contributed by atoms with van der Waals surface area (Å²) in [5.74, 6) is -0.264. The van der Waals surface area contributed by atoms with Gasteiger partial charge in [-0.3, -0.25) is 0 Å². The van der Waals surface area contributed by atoms with Gasteiger partial charge in [-0.05, 0) is 43.9 Å². The Labute approximate surface area is 89.1 Å². The fraction of sp³-hybridized carbons (Fsp3) is 0.417. The second-order valence-corrected chi connectivity index (χ2v) is 3.72. The first-order valence-corrected chi connectivity index (χ1v) is 5.28. The number of ether oxygens (including phenoxy) is 1. The molecule has 0 unspecified atom stereocenters. The zero-order valence-electron chi connectivity index (χ0n) is 9.09. The summed E-state index contributed by atoms with van der Waals surface area (Å²) in [6, 6.07) is 1.89. The number of aromatic nitrogens is 1. The van der Waals surface area contributed by atoms with Gasteiger partial charge in [-0.15, -0.1) is 0 Å². The van der Waals surface area contributed by atoms with E-state index in [1.807, 2.05) is 13.0 Å². The van der Waals surface area contributed by atoms with Crippen molar-refractivity contribution in [3.05, 3.63) is 29.1 Å². The predicted molar refractivity (Wildman–Crippen MR) is 58.7 cm³/mol. The normalized spacial score (nSPS) is 14.4. The number of aryl methyl sites for hydroxylation is 1. The van der Waals surface area contributed by atoms with Gasteiger partial charge < -0.3 is 9.72 Å². The van der Waals surface area contributed by atoms with Crippen molar-refractivity contribution < 1.29 is 9.53 Å². The average Bonchev–Trinajstić information content (AvgIpc) is 2.63. The fourth-order valence-electron chi connectivity index (χ4n) is 1.91. The molecule has 0 saturated heterocycles. The van der Waals surface area contributed by atoms with Crippen LogP contribution in [0.25, 0.3) is 5.57 Å². The smallest absolute Gasteiger partial charge is 0.354 e. The average molecular weight is 205 g/mol. The third kappa shape index (κ3) is 1.82. The van der Waals surface area contributed by atoms with Gasteiger partial charge in [0.05, 0.1) is 6.61 Å². The third-order valence-electron chi connectivity index (χ3n) is 2.66. The lowest BCUT2D eigenvalue weighted by atomic mass is 9.98. The van der Waals surface area contributed by atoms with Crippen LogP contribution >= 0.6 is 0 Å². The van der Waals surface area contributed by atoms with Crippen LogP contribution in [0.4, 0.5) is 0 Å². The van der Waals surface area contributed by atoms with Gasteiger partial charge in [0.15, 0.2) is 0 Å². The molecule has 15 heavy (non-hydrogen) atoms. The molecule has 0 saturated carbocycles. The third-order valence-corrected chi connectivity index (χ3v) is 2.66. The monoisotopic (exact) mass is 205 g/mol. The van der Waals surface area contributed by atoms with E-state index in [1.54, 1.807) is 0 Å². The molecule has 1 aromatic heterocycles. The lowest BCUT2D eigenvalue weighted by Crippen LogP contribution is -2.04. The van der Waals surface area contributed by atoms with Crippen LogP contribution in [0, 0.1) is 0 Å². The molecule has 0 bridgehead atoms. The number of hydrogen-bond donors (Lipinski definition) is 1. The summed E-state index contributed by atoms with van der Waals surface area (Å²) in [5.41, 5.74) is 4.11. The molecule has 0 aromatic carbocycles. The van der Waals surface area contributed by atoms with E-state index in [0.717, 1.165) is 24.1 Å². The predicted octanol–water partition coefficient (Wildman–Crippen LogP) is 2.54. The maximum Gasteiger partial charge on any atom is 0.354 e. The molecule has 2 rings (SSSR count). The van der Waals surface area contributed by atoms with Gasteiger partial charge in [-0.25, -0.2) is 4.79 Å². The van der Waals surface area contributed by atoms with Gasteiger partial charge in [0, 0.05) is 5.69 Å². The van der Waals surface area contributed by atoms with Crippen molar-refractivity contribution in [3.8, 4) is 0 Å². The Kier molecular flexibility index (Phi) is 2.62. The van der Waals surface area contributed by atoms with Gasteiger partial charge in [0.1, 0.15) is 5.69 Å². The van der Waals surface area contributed by atoms with Gasteiger partial charge >= 0.3 is 5.97 Å². The SMILES string of the molecule is CCOC(=O)c1cc2c([nH]1)CCC=C2C. The highest BCUT2D eigenvalue weighted by Gasteiger charge is 2.17. The van der Waals surface area contributed by atoms with Crippen molar-refractivity contribution >= 4 is 11.5 Å². The Morgan fingerprint density at radius 3 is 3.07 bits per heavy atom. The Bertz CT molecular complexity index is 415. The zero-order valence-corrected chi connectivity index (χ0v) is 9.09. The molecule has 0 spiro atoms. The number of aromatic amines is 1. The Morgan fingerprint density at radius 2 is 2.40 bits per heavy atom. The minimum atomic E-state index is -0.264. The maximum atomic E-state index is 11.5. The molecule has 3 heteroatoms. The number of carbonyl (C=O) groups is 1. The molecule has 1 heterocycles. The van der Waals surface area contributed by atoms with Crippen LogP contribution in [-0.4, -0.2) is 17.6 Å². The molecule has 80 valence electrons. The van der Waals surface area contributed by atoms with Crippen LogP contribution in [0.2, 0.25) is 0 Å². The van der Waals surface area contributed by atoms with E-state index in [0.29, 0.717) is 12.3 Å². The maximum absolute atomic E-state index is 11.5. The zero-order chi connectivity index (χ0) is 10.8. The number of H-pyrrole nitrogens is 1. The summed E-state index contributed by atoms with van der Waals surface area (Å²) >= 11 is 0. The van der Waals surface area contributed by atoms with Crippen LogP contribution in [0.1, 0.15) is 42.0 Å². The van der Waals surface area contributed by atoms with E-state index in [-0.39, 0.29) is 5.97 Å². The number of carbonyl (C=O) groups excluding carboxylic acids is 1. The largest absolute Gasteiger partial charge is 0.461 e. The van der Waals surface area contributed by atoms with Gasteiger partial charge in [0.2, 0.25) is 0 Å². The quantitative estimate of drug-likeness (QED) is 0.754. The Morgan fingerprint density at radius 1 is 1.60 bits per heavy atom. The summed E-state index contributed by atoms with van der Waals surface area (Å²) in [7, 11) is 0. The minimum Gasteiger partial charge on any atom is -0.461 e. The van der Waals surface area contributed by atoms with Crippen molar-refractivity contribution in [3.63, 3.8) is 0 Å². The first kappa shape index (κ1) is 10.0. The molecule has 1 aliphatic rings. The second kappa shape index (κ2) is 3.93. The molecule has 0 radical (unpaired) electrons. The van der Waals surface area contributed by atoms with Gasteiger partial charge in [0.25, 0.3) is 0 Å². The summed E-state index contributed by atoms with van der Waals surface area (Å²) in [5, 5.41) is 0. The van der Waals surface area contributed by atoms with Gasteiger partial charge in [-0.2, -0.15) is 0 Å². The molecule has 1 aliphatic carbocycles. The summed E-state index contributed by atoms with van der Waals surface area (Å²) < 4.78 is 4.95. The molecular weight excluding hydrogens is 190 g/mol. The van der Waals surface area contributed by atoms with Crippen LogP contribution < -0.4 is 0 Å². The molecule has 1 N–H and O–H groups in total. The highest BCUT2D eigenvalue weighted by Crippen LogP contribution is 2.26. The number of esters is 1. The molecule has 1 aromatic rings. The molecular formula is C12H15NO2. The van der Waals surface area contributed by atoms with E-state index < -0.39 is 0 Å². The standard InChI is InChI=1S/C12H15NO2/c1-3-15-12(14)11-7-9-8(2)5-4-6-10(9)13-11/h5,7,13H,3-4,6H2,1-2H3. The van der Waals surface area contributed by atoms with Crippen molar-refractivity contribution in [2.45, 2.75) is 26.7 Å². The summed E-state index contributed by atoms with van der Waals surface area (Å²) in [6.45, 7) is 4.30. The number of nitrogens with one attached hydrogen (secondary N) is 1. The summed E-state index contributed by atoms with van der Waals surface area (Å²) in [6.07, 6.45) is 4.22. The van der Waals surface area contributed by atoms with Crippen molar-refractivity contribution in [2.24, 2.45) is 0 Å². The van der Waals surface area contributed by atoms with Crippen molar-refractivity contribution in [1.82, 2.24) is 4.98 Å². The molecule has 0 aliphatic heterocycles. The molecule has 0 atom stereocenters. The first-order chi connectivity index (χ1) is 7.22. The molecule has 0 amide bonds. The number of allylic oxidation sites excluding steroid dienone is 2. The first-order valence-electron chi connectivity index (χ1n) is 5.28. The van der Waals surface area contributed by atoms with E-state index in [2.05, 4.69) is 18.0 Å². The summed E-state index contributed by atoms with van der Waals surface area (Å²) in [4.78, 5) is 14.6. The topological polar surface area (TPSA) is 42.1 Å². The van der Waals surface area contributed by atoms with Crippen molar-refractivity contribution in [1.29, 1.82) is 0 Å². The number of hydrogen-bond acceptors (Lipinski definition) is 2. The van der Waals surface area contributed by atoms with Crippen LogP contribution in [0.3, 0.4) is 0 Å². The highest BCUT2D eigenvalue weighted by molar-refractivity contribution is 5.89. The van der Waals surface area contributed by atoms with Crippen LogP contribution in [0.15, 0.2) is 12.1 Å². The van der Waals surface area contributed by atoms with Crippen LogP contribution in [0.5, 0.6) is 0 Å². The molecule has 3 nitrogen and oxygen atoms in total. The lowest BCUT2D eigenvalue weighted by Gasteiger charge is -2.08. The van der Waals surface area contributed by atoms with E-state index in [9.17, 15) is 4.79 Å². The lowest BCUT2D eigenvalue weighted by molar-refractivity contribution is 0.0520. The van der Waals surface area contributed by atoms with Crippen molar-refractivity contribution in [2.75, 3.05) is 6.61 Å². The van der Waals surface area contributed by atoms with E-state index in [4.69, 9.17) is 4.74 Å². The van der Waals surface area contributed by atoms with E-state index in [1.165, 1.54) is 5.57 Å². The van der Waals surface area contributed by atoms with Crippen LogP contribution in [-0.2, 0) is 11.2 Å². The van der Waals surface area contributed by atoms with E-state index >= 15 is 0 Å². The highest BCUT2D eigenvalue weighted by atomic mass is 16.5. The Hall–Kier alpha value is -1.51. The number of fused-ring (bicyclic) bond motifs is 1. The minimum absolute atomic E-state index is 0.264. The Balaban J connectivity index is 2.30. The second-order valence-electron chi connectivity index (χ2n) is 3.72. The molecule has 0 fully saturated rings. The van der Waals surface area contributed by atoms with Gasteiger partial charge in [-0.1, -0.05) is 6.08 Å².